The molecule has 1 aromatic carbocycles. The van der Waals surface area contributed by atoms with Crippen molar-refractivity contribution in [2.45, 2.75) is 20.8 Å². The molecule has 0 unspecified atom stereocenters. The minimum atomic E-state index is 0.482. The summed E-state index contributed by atoms with van der Waals surface area (Å²) in [6, 6.07) is 8.03. The third-order valence-corrected chi connectivity index (χ3v) is 2.70. The van der Waals surface area contributed by atoms with Crippen molar-refractivity contribution < 1.29 is 0 Å². The van der Waals surface area contributed by atoms with E-state index in [0.29, 0.717) is 11.1 Å². The summed E-state index contributed by atoms with van der Waals surface area (Å²) in [4.78, 5) is 8.35. The molecule has 19 heavy (non-hydrogen) atoms. The molecule has 98 valence electrons. The van der Waals surface area contributed by atoms with E-state index in [1.54, 1.807) is 6.20 Å². The van der Waals surface area contributed by atoms with Crippen LogP contribution in [0.1, 0.15) is 16.8 Å². The van der Waals surface area contributed by atoms with Crippen molar-refractivity contribution in [1.82, 2.24) is 9.97 Å². The molecular weight excluding hydrogens is 256 g/mol. The van der Waals surface area contributed by atoms with Crippen LogP contribution < -0.4 is 10.6 Å². The van der Waals surface area contributed by atoms with E-state index in [1.165, 1.54) is 11.1 Å². The zero-order valence-corrected chi connectivity index (χ0v) is 12.0. The first kappa shape index (κ1) is 13.4. The average Bonchev–Trinajstić information content (AvgIpc) is 2.26. The smallest absolute Gasteiger partial charge is 0.229 e. The predicted molar refractivity (Wildman–Crippen MR) is 82.5 cm³/mol. The molecule has 5 heteroatoms. The molecule has 2 N–H and O–H groups in total. The van der Waals surface area contributed by atoms with Crippen LogP contribution in [-0.2, 0) is 0 Å². The van der Waals surface area contributed by atoms with E-state index < -0.39 is 0 Å². The van der Waals surface area contributed by atoms with Gasteiger partial charge in [0.1, 0.15) is 0 Å². The molecule has 0 saturated carbocycles. The van der Waals surface area contributed by atoms with E-state index in [0.717, 1.165) is 11.4 Å². The van der Waals surface area contributed by atoms with Gasteiger partial charge in [0.15, 0.2) is 5.11 Å². The van der Waals surface area contributed by atoms with Crippen LogP contribution in [-0.4, -0.2) is 15.1 Å². The topological polar surface area (TPSA) is 49.8 Å². The maximum Gasteiger partial charge on any atom is 0.229 e. The Bertz CT molecular complexity index is 590. The number of aromatic nitrogens is 2. The van der Waals surface area contributed by atoms with Gasteiger partial charge < -0.3 is 10.6 Å². The summed E-state index contributed by atoms with van der Waals surface area (Å²) >= 11 is 5.25. The van der Waals surface area contributed by atoms with Gasteiger partial charge in [-0.1, -0.05) is 6.07 Å². The van der Waals surface area contributed by atoms with E-state index in [4.69, 9.17) is 12.2 Å². The fraction of sp³-hybridized carbons (Fsp3) is 0.214. The van der Waals surface area contributed by atoms with Crippen molar-refractivity contribution in [3.05, 3.63) is 47.3 Å². The zero-order valence-electron chi connectivity index (χ0n) is 11.2. The van der Waals surface area contributed by atoms with Gasteiger partial charge in [0.05, 0.1) is 0 Å². The van der Waals surface area contributed by atoms with Crippen LogP contribution in [0.5, 0.6) is 0 Å². The Morgan fingerprint density at radius 3 is 2.37 bits per heavy atom. The summed E-state index contributed by atoms with van der Waals surface area (Å²) in [6.07, 6.45) is 1.70. The normalized spacial score (nSPS) is 10.1. The highest BCUT2D eigenvalue weighted by atomic mass is 32.1. The van der Waals surface area contributed by atoms with Gasteiger partial charge in [0, 0.05) is 17.6 Å². The SMILES string of the molecule is Cc1cc(C)cc(NC(=S)Nc2nccc(C)n2)c1. The van der Waals surface area contributed by atoms with Gasteiger partial charge in [0.2, 0.25) is 5.95 Å². The predicted octanol–water partition coefficient (Wildman–Crippen LogP) is 3.21. The van der Waals surface area contributed by atoms with E-state index in [-0.39, 0.29) is 0 Å². The Balaban J connectivity index is 2.05. The molecule has 1 aromatic heterocycles. The Morgan fingerprint density at radius 2 is 1.74 bits per heavy atom. The van der Waals surface area contributed by atoms with Gasteiger partial charge in [-0.05, 0) is 62.3 Å². The largest absolute Gasteiger partial charge is 0.332 e. The summed E-state index contributed by atoms with van der Waals surface area (Å²) in [6.45, 7) is 6.02. The monoisotopic (exact) mass is 272 g/mol. The van der Waals surface area contributed by atoms with Gasteiger partial charge in [-0.25, -0.2) is 9.97 Å². The number of hydrogen-bond donors (Lipinski definition) is 2. The Morgan fingerprint density at radius 1 is 1.05 bits per heavy atom. The van der Waals surface area contributed by atoms with Gasteiger partial charge in [-0.3, -0.25) is 0 Å². The molecule has 0 fully saturated rings. The van der Waals surface area contributed by atoms with Crippen LogP contribution in [0.2, 0.25) is 0 Å². The van der Waals surface area contributed by atoms with Crippen molar-refractivity contribution in [2.24, 2.45) is 0 Å². The van der Waals surface area contributed by atoms with Crippen LogP contribution in [0.25, 0.3) is 0 Å². The summed E-state index contributed by atoms with van der Waals surface area (Å²) < 4.78 is 0. The highest BCUT2D eigenvalue weighted by molar-refractivity contribution is 7.80. The number of aryl methyl sites for hydroxylation is 3. The quantitative estimate of drug-likeness (QED) is 0.822. The third kappa shape index (κ3) is 3.99. The second kappa shape index (κ2) is 5.75. The molecule has 0 amide bonds. The second-order valence-corrected chi connectivity index (χ2v) is 4.89. The number of anilines is 2. The highest BCUT2D eigenvalue weighted by Crippen LogP contribution is 2.14. The number of rotatable bonds is 2. The van der Waals surface area contributed by atoms with Crippen molar-refractivity contribution >= 4 is 29.0 Å². The Hall–Kier alpha value is -2.01. The van der Waals surface area contributed by atoms with Crippen LogP contribution >= 0.6 is 12.2 Å². The molecule has 0 spiro atoms. The van der Waals surface area contributed by atoms with Gasteiger partial charge in [-0.2, -0.15) is 0 Å². The van der Waals surface area contributed by atoms with Crippen LogP contribution in [0.3, 0.4) is 0 Å². The maximum atomic E-state index is 5.25. The minimum Gasteiger partial charge on any atom is -0.332 e. The summed E-state index contributed by atoms with van der Waals surface area (Å²) in [5.41, 5.74) is 4.24. The number of thiocarbonyl (C=S) groups is 1. The first-order valence-electron chi connectivity index (χ1n) is 5.99. The lowest BCUT2D eigenvalue weighted by atomic mass is 10.1. The highest BCUT2D eigenvalue weighted by Gasteiger charge is 2.02. The third-order valence-electron chi connectivity index (χ3n) is 2.50. The number of nitrogens with zero attached hydrogens (tertiary/aromatic N) is 2. The van der Waals surface area contributed by atoms with E-state index >= 15 is 0 Å². The van der Waals surface area contributed by atoms with Crippen LogP contribution in [0.15, 0.2) is 30.5 Å². The lowest BCUT2D eigenvalue weighted by Gasteiger charge is -2.10. The zero-order chi connectivity index (χ0) is 13.8. The van der Waals surface area contributed by atoms with Crippen molar-refractivity contribution in [3.63, 3.8) is 0 Å². The molecule has 0 bridgehead atoms. The molecule has 2 aromatic rings. The average molecular weight is 272 g/mol. The molecule has 2 rings (SSSR count). The molecule has 0 saturated heterocycles. The van der Waals surface area contributed by atoms with Gasteiger partial charge in [0.25, 0.3) is 0 Å². The summed E-state index contributed by atoms with van der Waals surface area (Å²) in [5, 5.41) is 6.58. The maximum absolute atomic E-state index is 5.25. The van der Waals surface area contributed by atoms with Gasteiger partial charge in [-0.15, -0.1) is 0 Å². The van der Waals surface area contributed by atoms with Crippen LogP contribution in [0, 0.1) is 20.8 Å². The number of hydrogen-bond acceptors (Lipinski definition) is 3. The molecule has 0 aliphatic rings. The van der Waals surface area contributed by atoms with Crippen molar-refractivity contribution in [2.75, 3.05) is 10.6 Å². The summed E-state index contributed by atoms with van der Waals surface area (Å²) in [5.74, 6) is 0.502. The molecular formula is C14H16N4S. The lowest BCUT2D eigenvalue weighted by Crippen LogP contribution is -2.20. The molecule has 0 radical (unpaired) electrons. The van der Waals surface area contributed by atoms with E-state index in [9.17, 15) is 0 Å². The minimum absolute atomic E-state index is 0.482. The van der Waals surface area contributed by atoms with Crippen LogP contribution in [0.4, 0.5) is 11.6 Å². The first-order valence-corrected chi connectivity index (χ1v) is 6.40. The van der Waals surface area contributed by atoms with Gasteiger partial charge >= 0.3 is 0 Å². The Labute approximate surface area is 118 Å². The Kier molecular flexibility index (Phi) is 4.06. The summed E-state index contributed by atoms with van der Waals surface area (Å²) in [7, 11) is 0. The van der Waals surface area contributed by atoms with Crippen molar-refractivity contribution in [1.29, 1.82) is 0 Å². The standard InChI is InChI=1S/C14H16N4S/c1-9-6-10(2)8-12(7-9)17-14(19)18-13-15-5-4-11(3)16-13/h4-8H,1-3H3,(H2,15,16,17,18,19). The fourth-order valence-electron chi connectivity index (χ4n) is 1.82. The molecule has 4 nitrogen and oxygen atoms in total. The van der Waals surface area contributed by atoms with Crippen molar-refractivity contribution in [3.8, 4) is 0 Å². The number of benzene rings is 1. The molecule has 1 heterocycles. The lowest BCUT2D eigenvalue weighted by molar-refractivity contribution is 1.11. The van der Waals surface area contributed by atoms with E-state index in [1.807, 2.05) is 25.1 Å². The molecule has 0 aliphatic carbocycles. The first-order chi connectivity index (χ1) is 9.02. The molecule has 0 aliphatic heterocycles. The van der Waals surface area contributed by atoms with E-state index in [2.05, 4.69) is 40.5 Å². The second-order valence-electron chi connectivity index (χ2n) is 4.48. The number of nitrogens with one attached hydrogen (secondary N) is 2. The molecule has 0 atom stereocenters. The fourth-order valence-corrected chi connectivity index (χ4v) is 2.03.